The number of hydrogen-bond acceptors (Lipinski definition) is 2. The number of carboxylic acids is 1. The monoisotopic (exact) mass is 431 g/mol. The molecule has 0 spiro atoms. The maximum atomic E-state index is 10.9. The Hall–Kier alpha value is -1.08. The quantitative estimate of drug-likeness (QED) is 0.686. The first kappa shape index (κ1) is 14.3. The van der Waals surface area contributed by atoms with Crippen LogP contribution in [0.1, 0.15) is 15.9 Å². The molecule has 0 aromatic heterocycles. The Kier molecular flexibility index (Phi) is 4.46. The van der Waals surface area contributed by atoms with E-state index in [0.29, 0.717) is 5.56 Å². The number of aromatic carboxylic acids is 1. The summed E-state index contributed by atoms with van der Waals surface area (Å²) in [7, 11) is 0. The predicted molar refractivity (Wildman–Crippen MR) is 88.3 cm³/mol. The maximum Gasteiger partial charge on any atom is 0.335 e. The van der Waals surface area contributed by atoms with E-state index in [0.717, 1.165) is 25.0 Å². The van der Waals surface area contributed by atoms with Gasteiger partial charge < -0.3 is 10.4 Å². The molecule has 0 aliphatic heterocycles. The Balaban J connectivity index is 2.33. The van der Waals surface area contributed by atoms with Gasteiger partial charge in [-0.2, -0.15) is 0 Å². The number of halogens is 2. The third kappa shape index (κ3) is 3.48. The molecule has 0 unspecified atom stereocenters. The van der Waals surface area contributed by atoms with Gasteiger partial charge in [-0.3, -0.25) is 0 Å². The van der Waals surface area contributed by atoms with Crippen LogP contribution in [-0.2, 0) is 0 Å². The Morgan fingerprint density at radius 3 is 2.58 bits per heavy atom. The molecule has 19 heavy (non-hydrogen) atoms. The summed E-state index contributed by atoms with van der Waals surface area (Å²) in [6.07, 6.45) is 0. The minimum atomic E-state index is -0.912. The largest absolute Gasteiger partial charge is 0.478 e. The lowest BCUT2D eigenvalue weighted by Crippen LogP contribution is -1.99. The van der Waals surface area contributed by atoms with Crippen LogP contribution in [0, 0.1) is 10.5 Å². The van der Waals surface area contributed by atoms with E-state index in [2.05, 4.69) is 43.8 Å². The zero-order valence-electron chi connectivity index (χ0n) is 10.1. The van der Waals surface area contributed by atoms with Crippen LogP contribution >= 0.6 is 38.5 Å². The molecule has 0 heterocycles. The molecular weight excluding hydrogens is 421 g/mol. The second-order valence-corrected chi connectivity index (χ2v) is 6.18. The van der Waals surface area contributed by atoms with Crippen LogP contribution in [0.2, 0.25) is 0 Å². The van der Waals surface area contributed by atoms with Crippen LogP contribution in [0.25, 0.3) is 0 Å². The van der Waals surface area contributed by atoms with Crippen molar-refractivity contribution in [2.45, 2.75) is 6.92 Å². The first-order valence-corrected chi connectivity index (χ1v) is 7.40. The van der Waals surface area contributed by atoms with Gasteiger partial charge in [0.15, 0.2) is 0 Å². The second kappa shape index (κ2) is 5.92. The number of rotatable bonds is 3. The van der Waals surface area contributed by atoms with Gasteiger partial charge in [-0.25, -0.2) is 4.79 Å². The van der Waals surface area contributed by atoms with Crippen molar-refractivity contribution >= 4 is 55.9 Å². The van der Waals surface area contributed by atoms with Crippen LogP contribution in [0.5, 0.6) is 0 Å². The number of anilines is 2. The number of nitrogens with one attached hydrogen (secondary N) is 1. The number of benzene rings is 2. The lowest BCUT2D eigenvalue weighted by atomic mass is 10.1. The fourth-order valence-corrected chi connectivity index (χ4v) is 2.51. The minimum absolute atomic E-state index is 0.296. The topological polar surface area (TPSA) is 49.3 Å². The van der Waals surface area contributed by atoms with Gasteiger partial charge in [0.05, 0.1) is 11.3 Å². The smallest absolute Gasteiger partial charge is 0.335 e. The van der Waals surface area contributed by atoms with Gasteiger partial charge in [-0.05, 0) is 87.4 Å². The zero-order valence-corrected chi connectivity index (χ0v) is 13.8. The molecule has 2 aromatic rings. The van der Waals surface area contributed by atoms with Crippen molar-refractivity contribution in [1.82, 2.24) is 0 Å². The molecule has 0 bridgehead atoms. The Morgan fingerprint density at radius 1 is 1.21 bits per heavy atom. The molecule has 0 fully saturated rings. The lowest BCUT2D eigenvalue weighted by molar-refractivity contribution is 0.0697. The van der Waals surface area contributed by atoms with Crippen LogP contribution in [0.3, 0.4) is 0 Å². The van der Waals surface area contributed by atoms with E-state index in [1.165, 1.54) is 0 Å². The zero-order chi connectivity index (χ0) is 14.0. The molecule has 5 heteroatoms. The average molecular weight is 432 g/mol. The van der Waals surface area contributed by atoms with Crippen molar-refractivity contribution < 1.29 is 9.90 Å². The highest BCUT2D eigenvalue weighted by atomic mass is 127. The predicted octanol–water partition coefficient (Wildman–Crippen LogP) is 4.80. The Labute approximate surface area is 133 Å². The molecule has 0 atom stereocenters. The third-order valence-corrected chi connectivity index (χ3v) is 4.03. The maximum absolute atomic E-state index is 10.9. The second-order valence-electron chi connectivity index (χ2n) is 4.08. The van der Waals surface area contributed by atoms with Crippen molar-refractivity contribution in [3.05, 3.63) is 55.6 Å². The molecule has 0 amide bonds. The summed E-state index contributed by atoms with van der Waals surface area (Å²) in [5, 5.41) is 12.2. The average Bonchev–Trinajstić information content (AvgIpc) is 2.36. The molecule has 2 N–H and O–H groups in total. The molecule has 2 aromatic carbocycles. The molecule has 0 saturated carbocycles. The molecule has 0 aliphatic carbocycles. The summed E-state index contributed by atoms with van der Waals surface area (Å²) in [5.74, 6) is -0.912. The van der Waals surface area contributed by atoms with Gasteiger partial charge in [0, 0.05) is 13.7 Å². The standard InChI is InChI=1S/C14H11BrINO2/c1-8-6-9(14(18)19)2-5-12(8)17-13-7-10(16)3-4-11(13)15/h2-7,17H,1H3,(H,18,19). The highest BCUT2D eigenvalue weighted by Crippen LogP contribution is 2.29. The fourth-order valence-electron chi connectivity index (χ4n) is 1.68. The molecule has 2 rings (SSSR count). The molecule has 98 valence electrons. The number of carbonyl (C=O) groups is 1. The van der Waals surface area contributed by atoms with Gasteiger partial charge in [-0.1, -0.05) is 0 Å². The van der Waals surface area contributed by atoms with Crippen molar-refractivity contribution in [2.75, 3.05) is 5.32 Å². The number of hydrogen-bond donors (Lipinski definition) is 2. The van der Waals surface area contributed by atoms with Crippen LogP contribution in [-0.4, -0.2) is 11.1 Å². The normalized spacial score (nSPS) is 10.3. The van der Waals surface area contributed by atoms with Crippen LogP contribution in [0.4, 0.5) is 11.4 Å². The van der Waals surface area contributed by atoms with Crippen molar-refractivity contribution in [2.24, 2.45) is 0 Å². The highest BCUT2D eigenvalue weighted by Gasteiger charge is 2.07. The first-order valence-electron chi connectivity index (χ1n) is 5.53. The van der Waals surface area contributed by atoms with Gasteiger partial charge in [0.25, 0.3) is 0 Å². The summed E-state index contributed by atoms with van der Waals surface area (Å²) in [6, 6.07) is 11.0. The van der Waals surface area contributed by atoms with E-state index in [1.54, 1.807) is 18.2 Å². The van der Waals surface area contributed by atoms with E-state index in [9.17, 15) is 4.79 Å². The molecule has 0 aliphatic rings. The van der Waals surface area contributed by atoms with Gasteiger partial charge in [-0.15, -0.1) is 0 Å². The molecule has 3 nitrogen and oxygen atoms in total. The summed E-state index contributed by atoms with van der Waals surface area (Å²) >= 11 is 5.74. The van der Waals surface area contributed by atoms with Crippen LogP contribution in [0.15, 0.2) is 40.9 Å². The van der Waals surface area contributed by atoms with E-state index < -0.39 is 5.97 Å². The highest BCUT2D eigenvalue weighted by molar-refractivity contribution is 14.1. The summed E-state index contributed by atoms with van der Waals surface area (Å²) < 4.78 is 2.10. The lowest BCUT2D eigenvalue weighted by Gasteiger charge is -2.12. The summed E-state index contributed by atoms with van der Waals surface area (Å²) in [6.45, 7) is 1.89. The summed E-state index contributed by atoms with van der Waals surface area (Å²) in [5.41, 5.74) is 3.04. The van der Waals surface area contributed by atoms with Gasteiger partial charge >= 0.3 is 5.97 Å². The van der Waals surface area contributed by atoms with Crippen LogP contribution < -0.4 is 5.32 Å². The van der Waals surface area contributed by atoms with E-state index in [4.69, 9.17) is 5.11 Å². The Bertz CT molecular complexity index is 643. The van der Waals surface area contributed by atoms with E-state index in [1.807, 2.05) is 25.1 Å². The molecule has 0 radical (unpaired) electrons. The van der Waals surface area contributed by atoms with Gasteiger partial charge in [0.1, 0.15) is 0 Å². The van der Waals surface area contributed by atoms with E-state index in [-0.39, 0.29) is 0 Å². The van der Waals surface area contributed by atoms with Crippen molar-refractivity contribution in [3.63, 3.8) is 0 Å². The minimum Gasteiger partial charge on any atom is -0.478 e. The molecule has 0 saturated heterocycles. The SMILES string of the molecule is Cc1cc(C(=O)O)ccc1Nc1cc(I)ccc1Br. The summed E-state index contributed by atoms with van der Waals surface area (Å²) in [4.78, 5) is 10.9. The third-order valence-electron chi connectivity index (χ3n) is 2.67. The van der Waals surface area contributed by atoms with Crippen molar-refractivity contribution in [1.29, 1.82) is 0 Å². The molecular formula is C14H11BrINO2. The number of carboxylic acid groups (broad SMARTS) is 1. The van der Waals surface area contributed by atoms with Crippen molar-refractivity contribution in [3.8, 4) is 0 Å². The number of aryl methyl sites for hydroxylation is 1. The van der Waals surface area contributed by atoms with E-state index >= 15 is 0 Å². The first-order chi connectivity index (χ1) is 8.97. The fraction of sp³-hybridized carbons (Fsp3) is 0.0714. The Morgan fingerprint density at radius 2 is 1.95 bits per heavy atom. The van der Waals surface area contributed by atoms with Gasteiger partial charge in [0.2, 0.25) is 0 Å².